The molecule has 1 atom stereocenters. The molecule has 0 radical (unpaired) electrons. The molecule has 118 valence electrons. The molecule has 0 spiro atoms. The van der Waals surface area contributed by atoms with Crippen LogP contribution in [-0.2, 0) is 14.3 Å². The molecule has 0 saturated heterocycles. The van der Waals surface area contributed by atoms with Crippen LogP contribution in [0.25, 0.3) is 0 Å². The van der Waals surface area contributed by atoms with Gasteiger partial charge in [-0.2, -0.15) is 0 Å². The standard InChI is InChI=1S/C15H30N2O3/c1-6-19-14(18)15(16-4,13-7-8-13)11-17(5)9-10-20-12(2)3/h12-13,16H,6-11H2,1-5H3. The summed E-state index contributed by atoms with van der Waals surface area (Å²) in [4.78, 5) is 14.5. The number of rotatable bonds is 10. The monoisotopic (exact) mass is 286 g/mol. The number of carbonyl (C=O) groups is 1. The van der Waals surface area contributed by atoms with Crippen molar-refractivity contribution < 1.29 is 14.3 Å². The summed E-state index contributed by atoms with van der Waals surface area (Å²) in [6, 6.07) is 0. The summed E-state index contributed by atoms with van der Waals surface area (Å²) in [6.07, 6.45) is 2.43. The molecule has 1 aliphatic rings. The Morgan fingerprint density at radius 1 is 1.45 bits per heavy atom. The zero-order chi connectivity index (χ0) is 15.2. The molecule has 0 amide bonds. The van der Waals surface area contributed by atoms with Crippen LogP contribution >= 0.6 is 0 Å². The van der Waals surface area contributed by atoms with E-state index in [2.05, 4.69) is 10.2 Å². The van der Waals surface area contributed by atoms with E-state index in [1.807, 2.05) is 34.9 Å². The van der Waals surface area contributed by atoms with Gasteiger partial charge in [0.05, 0.1) is 19.3 Å². The Morgan fingerprint density at radius 2 is 2.10 bits per heavy atom. The Hall–Kier alpha value is -0.650. The van der Waals surface area contributed by atoms with E-state index in [9.17, 15) is 4.79 Å². The minimum Gasteiger partial charge on any atom is -0.465 e. The first-order valence-electron chi connectivity index (χ1n) is 7.62. The highest BCUT2D eigenvalue weighted by atomic mass is 16.5. The molecule has 0 bridgehead atoms. The van der Waals surface area contributed by atoms with Crippen LogP contribution in [0.5, 0.6) is 0 Å². The van der Waals surface area contributed by atoms with Crippen molar-refractivity contribution in [2.24, 2.45) is 5.92 Å². The molecule has 0 heterocycles. The van der Waals surface area contributed by atoms with E-state index in [1.165, 1.54) is 0 Å². The fraction of sp³-hybridized carbons (Fsp3) is 0.933. The lowest BCUT2D eigenvalue weighted by molar-refractivity contribution is -0.153. The number of nitrogens with zero attached hydrogens (tertiary/aromatic N) is 1. The highest BCUT2D eigenvalue weighted by Crippen LogP contribution is 2.40. The van der Waals surface area contributed by atoms with Crippen LogP contribution in [0.15, 0.2) is 0 Å². The van der Waals surface area contributed by atoms with Gasteiger partial charge in [-0.3, -0.25) is 0 Å². The van der Waals surface area contributed by atoms with Crippen LogP contribution in [-0.4, -0.2) is 62.9 Å². The van der Waals surface area contributed by atoms with E-state index in [0.29, 0.717) is 25.7 Å². The van der Waals surface area contributed by atoms with Crippen molar-refractivity contribution in [2.45, 2.75) is 45.3 Å². The summed E-state index contributed by atoms with van der Waals surface area (Å²) in [5, 5.41) is 3.24. The number of carbonyl (C=O) groups excluding carboxylic acids is 1. The van der Waals surface area contributed by atoms with Crippen LogP contribution < -0.4 is 5.32 Å². The molecule has 0 aromatic heterocycles. The number of likely N-dealkylation sites (N-methyl/N-ethyl adjacent to an activating group) is 2. The summed E-state index contributed by atoms with van der Waals surface area (Å²) < 4.78 is 10.9. The fourth-order valence-electron chi connectivity index (χ4n) is 2.53. The Bertz CT molecular complexity index is 305. The molecular weight excluding hydrogens is 256 g/mol. The SMILES string of the molecule is CCOC(=O)C(CN(C)CCOC(C)C)(NC)C1CC1. The molecule has 1 fully saturated rings. The zero-order valence-corrected chi connectivity index (χ0v) is 13.6. The van der Waals surface area contributed by atoms with Gasteiger partial charge in [-0.15, -0.1) is 0 Å². The molecule has 5 heteroatoms. The first-order valence-corrected chi connectivity index (χ1v) is 7.62. The number of hydrogen-bond donors (Lipinski definition) is 1. The van der Waals surface area contributed by atoms with Crippen molar-refractivity contribution in [1.29, 1.82) is 0 Å². The second kappa shape index (κ2) is 7.96. The van der Waals surface area contributed by atoms with Crippen LogP contribution in [0, 0.1) is 5.92 Å². The normalized spacial score (nSPS) is 18.4. The van der Waals surface area contributed by atoms with Crippen LogP contribution in [0.3, 0.4) is 0 Å². The summed E-state index contributed by atoms with van der Waals surface area (Å²) in [6.45, 7) is 8.49. The first kappa shape index (κ1) is 17.4. The van der Waals surface area contributed by atoms with Crippen molar-refractivity contribution in [1.82, 2.24) is 10.2 Å². The average Bonchev–Trinajstić information content (AvgIpc) is 3.20. The Labute approximate surface area is 123 Å². The predicted molar refractivity (Wildman–Crippen MR) is 79.7 cm³/mol. The highest BCUT2D eigenvalue weighted by Gasteiger charge is 2.51. The Morgan fingerprint density at radius 3 is 2.55 bits per heavy atom. The molecule has 5 nitrogen and oxygen atoms in total. The largest absolute Gasteiger partial charge is 0.465 e. The van der Waals surface area contributed by atoms with Gasteiger partial charge >= 0.3 is 5.97 Å². The van der Waals surface area contributed by atoms with Crippen molar-refractivity contribution >= 4 is 5.97 Å². The van der Waals surface area contributed by atoms with E-state index in [-0.39, 0.29) is 12.1 Å². The van der Waals surface area contributed by atoms with Crippen LogP contribution in [0.2, 0.25) is 0 Å². The van der Waals surface area contributed by atoms with Gasteiger partial charge < -0.3 is 19.7 Å². The molecule has 0 aromatic carbocycles. The summed E-state index contributed by atoms with van der Waals surface area (Å²) in [5.74, 6) is 0.265. The van der Waals surface area contributed by atoms with Gasteiger partial charge in [0, 0.05) is 13.1 Å². The van der Waals surface area contributed by atoms with E-state index in [0.717, 1.165) is 19.4 Å². The van der Waals surface area contributed by atoms with Gasteiger partial charge in [0.2, 0.25) is 0 Å². The lowest BCUT2D eigenvalue weighted by atomic mass is 9.92. The molecule has 1 N–H and O–H groups in total. The quantitative estimate of drug-likeness (QED) is 0.613. The molecule has 20 heavy (non-hydrogen) atoms. The summed E-state index contributed by atoms with van der Waals surface area (Å²) in [7, 11) is 3.88. The van der Waals surface area contributed by atoms with Crippen LogP contribution in [0.4, 0.5) is 0 Å². The van der Waals surface area contributed by atoms with Crippen molar-refractivity contribution in [3.63, 3.8) is 0 Å². The van der Waals surface area contributed by atoms with E-state index in [4.69, 9.17) is 9.47 Å². The van der Waals surface area contributed by atoms with Gasteiger partial charge in [-0.1, -0.05) is 0 Å². The molecule has 0 aromatic rings. The van der Waals surface area contributed by atoms with Crippen molar-refractivity contribution in [2.75, 3.05) is 40.4 Å². The third kappa shape index (κ3) is 4.72. The lowest BCUT2D eigenvalue weighted by Gasteiger charge is -2.35. The van der Waals surface area contributed by atoms with Crippen molar-refractivity contribution in [3.05, 3.63) is 0 Å². The molecule has 1 saturated carbocycles. The second-order valence-corrected chi connectivity index (χ2v) is 5.87. The zero-order valence-electron chi connectivity index (χ0n) is 13.6. The third-order valence-corrected chi connectivity index (χ3v) is 3.80. The molecule has 1 rings (SSSR count). The number of nitrogens with one attached hydrogen (secondary N) is 1. The first-order chi connectivity index (χ1) is 9.46. The minimum atomic E-state index is -0.567. The number of hydrogen-bond acceptors (Lipinski definition) is 5. The highest BCUT2D eigenvalue weighted by molar-refractivity contribution is 5.82. The maximum Gasteiger partial charge on any atom is 0.327 e. The van der Waals surface area contributed by atoms with Gasteiger partial charge in [0.15, 0.2) is 0 Å². The average molecular weight is 286 g/mol. The number of esters is 1. The Kier molecular flexibility index (Phi) is 6.92. The maximum atomic E-state index is 12.4. The lowest BCUT2D eigenvalue weighted by Crippen LogP contribution is -2.60. The summed E-state index contributed by atoms with van der Waals surface area (Å²) in [5.41, 5.74) is -0.567. The van der Waals surface area contributed by atoms with Gasteiger partial charge in [-0.05, 0) is 53.6 Å². The summed E-state index contributed by atoms with van der Waals surface area (Å²) >= 11 is 0. The minimum absolute atomic E-state index is 0.123. The van der Waals surface area contributed by atoms with E-state index in [1.54, 1.807) is 0 Å². The van der Waals surface area contributed by atoms with E-state index < -0.39 is 5.54 Å². The van der Waals surface area contributed by atoms with E-state index >= 15 is 0 Å². The molecular formula is C15H30N2O3. The fourth-order valence-corrected chi connectivity index (χ4v) is 2.53. The predicted octanol–water partition coefficient (Wildman–Crippen LogP) is 1.27. The number of ether oxygens (including phenoxy) is 2. The topological polar surface area (TPSA) is 50.8 Å². The Balaban J connectivity index is 2.58. The van der Waals surface area contributed by atoms with Gasteiger partial charge in [0.25, 0.3) is 0 Å². The smallest absolute Gasteiger partial charge is 0.327 e. The third-order valence-electron chi connectivity index (χ3n) is 3.80. The molecule has 1 unspecified atom stereocenters. The van der Waals surface area contributed by atoms with Gasteiger partial charge in [0.1, 0.15) is 5.54 Å². The molecule has 1 aliphatic carbocycles. The van der Waals surface area contributed by atoms with Crippen molar-refractivity contribution in [3.8, 4) is 0 Å². The molecule has 0 aliphatic heterocycles. The van der Waals surface area contributed by atoms with Crippen LogP contribution in [0.1, 0.15) is 33.6 Å². The van der Waals surface area contributed by atoms with Gasteiger partial charge in [-0.25, -0.2) is 4.79 Å². The maximum absolute atomic E-state index is 12.4. The second-order valence-electron chi connectivity index (χ2n) is 5.87.